The molecule has 102 valence electrons. The van der Waals surface area contributed by atoms with Crippen LogP contribution in [0.1, 0.15) is 20.3 Å². The first-order valence-corrected chi connectivity index (χ1v) is 6.50. The van der Waals surface area contributed by atoms with E-state index >= 15 is 0 Å². The van der Waals surface area contributed by atoms with Gasteiger partial charge in [-0.1, -0.05) is 13.8 Å². The zero-order valence-corrected chi connectivity index (χ0v) is 11.9. The van der Waals surface area contributed by atoms with Crippen molar-refractivity contribution in [2.24, 2.45) is 0 Å². The van der Waals surface area contributed by atoms with Crippen molar-refractivity contribution >= 4 is 17.5 Å². The molecular formula is C11H20ClN5O. The molecule has 1 aromatic heterocycles. The number of ether oxygens (including phenoxy) is 1. The zero-order chi connectivity index (χ0) is 13.4. The molecule has 0 saturated heterocycles. The predicted molar refractivity (Wildman–Crippen MR) is 72.3 cm³/mol. The van der Waals surface area contributed by atoms with E-state index in [1.54, 1.807) is 0 Å². The summed E-state index contributed by atoms with van der Waals surface area (Å²) in [6.07, 6.45) is 0.896. The van der Waals surface area contributed by atoms with Crippen molar-refractivity contribution in [3.63, 3.8) is 0 Å². The number of rotatable bonds is 8. The average molecular weight is 274 g/mol. The Morgan fingerprint density at radius 1 is 1.28 bits per heavy atom. The fraction of sp³-hybridized carbons (Fsp3) is 0.727. The van der Waals surface area contributed by atoms with Crippen molar-refractivity contribution in [2.45, 2.75) is 20.3 Å². The smallest absolute Gasteiger partial charge is 0.322 e. The summed E-state index contributed by atoms with van der Waals surface area (Å²) in [6.45, 7) is 7.35. The van der Waals surface area contributed by atoms with Crippen LogP contribution in [0, 0.1) is 0 Å². The van der Waals surface area contributed by atoms with Gasteiger partial charge in [-0.15, -0.1) is 0 Å². The summed E-state index contributed by atoms with van der Waals surface area (Å²) in [5.41, 5.74) is 0. The standard InChI is InChI=1S/C11H20ClN5O/c1-4-8-18-11-15-9(12)14-10(16-11)13-6-7-17(3)5-2/h4-8H2,1-3H3,(H,13,14,15,16). The van der Waals surface area contributed by atoms with Crippen LogP contribution < -0.4 is 10.1 Å². The molecule has 1 heterocycles. The third-order valence-corrected chi connectivity index (χ3v) is 2.51. The Bertz CT molecular complexity index is 363. The van der Waals surface area contributed by atoms with Crippen LogP contribution in [-0.2, 0) is 0 Å². The molecule has 0 unspecified atom stereocenters. The maximum atomic E-state index is 5.81. The van der Waals surface area contributed by atoms with Gasteiger partial charge in [-0.05, 0) is 31.6 Å². The average Bonchev–Trinajstić information content (AvgIpc) is 2.35. The number of nitrogens with zero attached hydrogens (tertiary/aromatic N) is 4. The van der Waals surface area contributed by atoms with Crippen molar-refractivity contribution < 1.29 is 4.74 Å². The van der Waals surface area contributed by atoms with Crippen LogP contribution in [0.4, 0.5) is 5.95 Å². The Morgan fingerprint density at radius 2 is 2.06 bits per heavy atom. The van der Waals surface area contributed by atoms with Gasteiger partial charge >= 0.3 is 6.01 Å². The summed E-state index contributed by atoms with van der Waals surface area (Å²) in [7, 11) is 2.05. The van der Waals surface area contributed by atoms with Crippen LogP contribution in [-0.4, -0.2) is 53.1 Å². The maximum Gasteiger partial charge on any atom is 0.322 e. The highest BCUT2D eigenvalue weighted by atomic mass is 35.5. The minimum atomic E-state index is 0.141. The van der Waals surface area contributed by atoms with Gasteiger partial charge in [-0.3, -0.25) is 0 Å². The molecule has 1 N–H and O–H groups in total. The quantitative estimate of drug-likeness (QED) is 0.777. The summed E-state index contributed by atoms with van der Waals surface area (Å²) in [4.78, 5) is 14.2. The second-order valence-electron chi connectivity index (χ2n) is 3.88. The Labute approximate surface area is 113 Å². The molecule has 0 bridgehead atoms. The van der Waals surface area contributed by atoms with Crippen molar-refractivity contribution in [2.75, 3.05) is 38.6 Å². The fourth-order valence-electron chi connectivity index (χ4n) is 1.19. The second-order valence-corrected chi connectivity index (χ2v) is 4.22. The van der Waals surface area contributed by atoms with Gasteiger partial charge in [0.1, 0.15) is 0 Å². The molecular weight excluding hydrogens is 254 g/mol. The van der Waals surface area contributed by atoms with Crippen LogP contribution >= 0.6 is 11.6 Å². The number of anilines is 1. The molecule has 0 aliphatic carbocycles. The molecule has 7 heteroatoms. The lowest BCUT2D eigenvalue weighted by Gasteiger charge is -2.14. The molecule has 6 nitrogen and oxygen atoms in total. The van der Waals surface area contributed by atoms with Crippen molar-refractivity contribution in [1.29, 1.82) is 0 Å². The number of halogens is 1. The Morgan fingerprint density at radius 3 is 2.72 bits per heavy atom. The number of likely N-dealkylation sites (N-methyl/N-ethyl adjacent to an activating group) is 1. The molecule has 0 atom stereocenters. The van der Waals surface area contributed by atoms with Gasteiger partial charge in [0, 0.05) is 13.1 Å². The number of nitrogens with one attached hydrogen (secondary N) is 1. The van der Waals surface area contributed by atoms with E-state index in [1.165, 1.54) is 0 Å². The monoisotopic (exact) mass is 273 g/mol. The van der Waals surface area contributed by atoms with Gasteiger partial charge in [0.05, 0.1) is 6.61 Å². The topological polar surface area (TPSA) is 63.2 Å². The largest absolute Gasteiger partial charge is 0.463 e. The third-order valence-electron chi connectivity index (χ3n) is 2.34. The second kappa shape index (κ2) is 8.05. The fourth-order valence-corrected chi connectivity index (χ4v) is 1.34. The minimum absolute atomic E-state index is 0.141. The molecule has 0 radical (unpaired) electrons. The summed E-state index contributed by atoms with van der Waals surface area (Å²) >= 11 is 5.81. The van der Waals surface area contributed by atoms with Crippen molar-refractivity contribution in [3.05, 3.63) is 5.28 Å². The third kappa shape index (κ3) is 5.46. The molecule has 0 amide bonds. The lowest BCUT2D eigenvalue weighted by molar-refractivity contribution is 0.291. The van der Waals surface area contributed by atoms with Gasteiger partial charge < -0.3 is 15.0 Å². The number of hydrogen-bond donors (Lipinski definition) is 1. The van der Waals surface area contributed by atoms with E-state index in [9.17, 15) is 0 Å². The first-order chi connectivity index (χ1) is 8.65. The lowest BCUT2D eigenvalue weighted by Crippen LogP contribution is -2.25. The molecule has 0 aliphatic heterocycles. The van der Waals surface area contributed by atoms with Gasteiger partial charge in [-0.25, -0.2) is 0 Å². The summed E-state index contributed by atoms with van der Waals surface area (Å²) in [5, 5.41) is 3.24. The zero-order valence-electron chi connectivity index (χ0n) is 11.1. The molecule has 1 rings (SSSR count). The molecule has 0 aliphatic rings. The molecule has 0 spiro atoms. The minimum Gasteiger partial charge on any atom is -0.463 e. The number of aromatic nitrogens is 3. The van der Waals surface area contributed by atoms with Gasteiger partial charge in [0.2, 0.25) is 11.2 Å². The van der Waals surface area contributed by atoms with Crippen LogP contribution in [0.25, 0.3) is 0 Å². The van der Waals surface area contributed by atoms with Crippen molar-refractivity contribution in [1.82, 2.24) is 19.9 Å². The molecule has 0 fully saturated rings. The van der Waals surface area contributed by atoms with Gasteiger partial charge in [0.25, 0.3) is 0 Å². The highest BCUT2D eigenvalue weighted by Crippen LogP contribution is 2.11. The van der Waals surface area contributed by atoms with E-state index in [0.29, 0.717) is 12.6 Å². The van der Waals surface area contributed by atoms with E-state index in [4.69, 9.17) is 16.3 Å². The normalized spacial score (nSPS) is 10.7. The first-order valence-electron chi connectivity index (χ1n) is 6.12. The lowest BCUT2D eigenvalue weighted by atomic mass is 10.5. The first kappa shape index (κ1) is 14.9. The summed E-state index contributed by atoms with van der Waals surface area (Å²) in [6, 6.07) is 0.267. The van der Waals surface area contributed by atoms with Crippen LogP contribution in [0.2, 0.25) is 5.28 Å². The Hall–Kier alpha value is -1.14. The number of hydrogen-bond acceptors (Lipinski definition) is 6. The van der Waals surface area contributed by atoms with Crippen LogP contribution in [0.15, 0.2) is 0 Å². The van der Waals surface area contributed by atoms with Gasteiger partial charge in [0.15, 0.2) is 0 Å². The van der Waals surface area contributed by atoms with E-state index in [1.807, 2.05) is 6.92 Å². The molecule has 18 heavy (non-hydrogen) atoms. The highest BCUT2D eigenvalue weighted by Gasteiger charge is 2.05. The molecule has 1 aromatic rings. The van der Waals surface area contributed by atoms with Gasteiger partial charge in [-0.2, -0.15) is 15.0 Å². The van der Waals surface area contributed by atoms with E-state index < -0.39 is 0 Å². The Balaban J connectivity index is 2.51. The molecule has 0 saturated carbocycles. The van der Waals surface area contributed by atoms with E-state index in [-0.39, 0.29) is 11.3 Å². The SMILES string of the molecule is CCCOc1nc(Cl)nc(NCCN(C)CC)n1. The molecule has 0 aromatic carbocycles. The highest BCUT2D eigenvalue weighted by molar-refractivity contribution is 6.28. The van der Waals surface area contributed by atoms with Crippen LogP contribution in [0.3, 0.4) is 0 Å². The summed E-state index contributed by atoms with van der Waals surface area (Å²) < 4.78 is 5.33. The maximum absolute atomic E-state index is 5.81. The summed E-state index contributed by atoms with van der Waals surface area (Å²) in [5.74, 6) is 0.450. The Kier molecular flexibility index (Phi) is 6.67. The van der Waals surface area contributed by atoms with Crippen LogP contribution in [0.5, 0.6) is 6.01 Å². The van der Waals surface area contributed by atoms with E-state index in [0.717, 1.165) is 26.1 Å². The van der Waals surface area contributed by atoms with E-state index in [2.05, 4.69) is 39.1 Å². The van der Waals surface area contributed by atoms with Crippen molar-refractivity contribution in [3.8, 4) is 6.01 Å². The predicted octanol–water partition coefficient (Wildman–Crippen LogP) is 1.68.